The largest absolute Gasteiger partial charge is 0.444 e. The summed E-state index contributed by atoms with van der Waals surface area (Å²) in [5.74, 6) is 1.68. The van der Waals surface area contributed by atoms with Gasteiger partial charge in [-0.25, -0.2) is 4.79 Å². The molecule has 1 unspecified atom stereocenters. The Labute approximate surface area is 158 Å². The quantitative estimate of drug-likeness (QED) is 0.753. The van der Waals surface area contributed by atoms with Crippen molar-refractivity contribution in [3.63, 3.8) is 0 Å². The van der Waals surface area contributed by atoms with Crippen LogP contribution < -0.4 is 0 Å². The van der Waals surface area contributed by atoms with Crippen LogP contribution >= 0.6 is 0 Å². The number of aliphatic hydroxyl groups excluding tert-OH is 2. The number of nitrogens with zero attached hydrogens (tertiary/aromatic N) is 1. The van der Waals surface area contributed by atoms with Gasteiger partial charge in [-0.15, -0.1) is 0 Å². The zero-order valence-corrected chi connectivity index (χ0v) is 16.9. The lowest BCUT2D eigenvalue weighted by atomic mass is 9.57. The average molecular weight is 368 g/mol. The summed E-state index contributed by atoms with van der Waals surface area (Å²) in [6.07, 6.45) is 6.70. The molecule has 150 valence electrons. The van der Waals surface area contributed by atoms with Gasteiger partial charge in [-0.3, -0.25) is 0 Å². The Morgan fingerprint density at radius 2 is 1.85 bits per heavy atom. The van der Waals surface area contributed by atoms with Crippen molar-refractivity contribution >= 4 is 6.09 Å². The Morgan fingerprint density at radius 1 is 1.15 bits per heavy atom. The minimum atomic E-state index is -0.489. The third-order valence-corrected chi connectivity index (χ3v) is 7.11. The molecule has 2 saturated carbocycles. The maximum absolute atomic E-state index is 13.1. The van der Waals surface area contributed by atoms with Gasteiger partial charge in [0, 0.05) is 25.3 Å². The third kappa shape index (κ3) is 3.26. The van der Waals surface area contributed by atoms with Crippen molar-refractivity contribution in [1.29, 1.82) is 0 Å². The zero-order chi connectivity index (χ0) is 19.1. The van der Waals surface area contributed by atoms with Crippen LogP contribution in [0.25, 0.3) is 0 Å². The van der Waals surface area contributed by atoms with Crippen LogP contribution in [0.3, 0.4) is 0 Å². The zero-order valence-electron chi connectivity index (χ0n) is 16.9. The predicted octanol–water partition coefficient (Wildman–Crippen LogP) is 3.57. The molecule has 6 atom stereocenters. The number of carbonyl (C=O) groups excluding carboxylic acids is 1. The second kappa shape index (κ2) is 7.31. The topological polar surface area (TPSA) is 70.0 Å². The van der Waals surface area contributed by atoms with Crippen molar-refractivity contribution in [3.8, 4) is 0 Å². The molecule has 5 heteroatoms. The number of hydrogen-bond acceptors (Lipinski definition) is 4. The summed E-state index contributed by atoms with van der Waals surface area (Å²) in [5.41, 5.74) is -0.385. The molecule has 2 N–H and O–H groups in total. The minimum Gasteiger partial charge on any atom is -0.444 e. The first-order chi connectivity index (χ1) is 12.2. The normalized spacial score (nSPS) is 38.7. The molecule has 0 radical (unpaired) electrons. The van der Waals surface area contributed by atoms with E-state index in [4.69, 9.17) is 4.74 Å². The Bertz CT molecular complexity index is 517. The summed E-state index contributed by atoms with van der Waals surface area (Å²) in [5, 5.41) is 18.9. The van der Waals surface area contributed by atoms with Crippen LogP contribution in [0, 0.1) is 23.2 Å². The van der Waals surface area contributed by atoms with Crippen LogP contribution in [0.15, 0.2) is 0 Å². The summed E-state index contributed by atoms with van der Waals surface area (Å²) >= 11 is 0. The molecule has 0 aromatic carbocycles. The first-order valence-electron chi connectivity index (χ1n) is 10.5. The lowest BCUT2D eigenvalue weighted by Gasteiger charge is -2.52. The predicted molar refractivity (Wildman–Crippen MR) is 101 cm³/mol. The lowest BCUT2D eigenvalue weighted by Crippen LogP contribution is -2.56. The molecule has 2 aliphatic carbocycles. The van der Waals surface area contributed by atoms with Crippen molar-refractivity contribution < 1.29 is 19.7 Å². The molecule has 1 saturated heterocycles. The van der Waals surface area contributed by atoms with Crippen molar-refractivity contribution in [2.45, 2.75) is 90.3 Å². The standard InChI is InChI=1S/C21H37NO4/c1-14-11-15-13-17-16(7-5-9-23)21(15,8-6-10-24)18(12-14)22(17)19(25)26-20(2,3)4/h14-18,23-24H,5-13H2,1-4H3/t14-,15+,16-,17?,18+,21+/m1/s1. The number of hydrogen-bond donors (Lipinski definition) is 2. The average Bonchev–Trinajstić information content (AvgIpc) is 2.96. The van der Waals surface area contributed by atoms with E-state index in [-0.39, 0.29) is 36.8 Å². The monoisotopic (exact) mass is 367 g/mol. The highest BCUT2D eigenvalue weighted by atomic mass is 16.6. The van der Waals surface area contributed by atoms with Crippen LogP contribution in [0.1, 0.15) is 72.6 Å². The van der Waals surface area contributed by atoms with Gasteiger partial charge < -0.3 is 19.8 Å². The van der Waals surface area contributed by atoms with E-state index in [9.17, 15) is 15.0 Å². The fourth-order valence-corrected chi connectivity index (χ4v) is 6.56. The van der Waals surface area contributed by atoms with Gasteiger partial charge in [-0.05, 0) is 88.9 Å². The van der Waals surface area contributed by atoms with E-state index < -0.39 is 5.60 Å². The molecule has 1 heterocycles. The van der Waals surface area contributed by atoms with Crippen molar-refractivity contribution in [1.82, 2.24) is 4.90 Å². The van der Waals surface area contributed by atoms with Gasteiger partial charge in [0.2, 0.25) is 0 Å². The summed E-state index contributed by atoms with van der Waals surface area (Å²) in [4.78, 5) is 15.2. The molecule has 0 aromatic heterocycles. The first-order valence-corrected chi connectivity index (χ1v) is 10.5. The summed E-state index contributed by atoms with van der Waals surface area (Å²) in [6.45, 7) is 8.50. The van der Waals surface area contributed by atoms with Crippen molar-refractivity contribution in [3.05, 3.63) is 0 Å². The number of piperidine rings is 1. The van der Waals surface area contributed by atoms with Gasteiger partial charge >= 0.3 is 6.09 Å². The number of rotatable bonds is 6. The molecule has 5 nitrogen and oxygen atoms in total. The van der Waals surface area contributed by atoms with Gasteiger partial charge in [0.05, 0.1) is 0 Å². The van der Waals surface area contributed by atoms with Crippen molar-refractivity contribution in [2.24, 2.45) is 23.2 Å². The Kier molecular flexibility index (Phi) is 5.60. The second-order valence-corrected chi connectivity index (χ2v) is 9.89. The molecular weight excluding hydrogens is 330 g/mol. The van der Waals surface area contributed by atoms with E-state index in [0.717, 1.165) is 38.5 Å². The summed E-state index contributed by atoms with van der Waals surface area (Å²) in [6, 6.07) is 0.456. The van der Waals surface area contributed by atoms with Gasteiger partial charge in [0.25, 0.3) is 0 Å². The van der Waals surface area contributed by atoms with Gasteiger partial charge in [-0.2, -0.15) is 0 Å². The number of aliphatic hydroxyl groups is 2. The van der Waals surface area contributed by atoms with Gasteiger partial charge in [0.1, 0.15) is 5.60 Å². The van der Waals surface area contributed by atoms with Crippen LogP contribution in [-0.4, -0.2) is 52.1 Å². The highest BCUT2D eigenvalue weighted by molar-refractivity contribution is 5.70. The summed E-state index contributed by atoms with van der Waals surface area (Å²) < 4.78 is 5.79. The number of fused-ring (bicyclic) bond motifs is 1. The Hall–Kier alpha value is -0.810. The molecular formula is C21H37NO4. The SMILES string of the molecule is C[C@@H]1C[C@H]2CC3[C@@H](CCCO)[C@@]2(CCCO)[C@H](C1)N3C(=O)OC(C)(C)C. The van der Waals surface area contributed by atoms with Crippen LogP contribution in [0.5, 0.6) is 0 Å². The molecule has 1 aliphatic heterocycles. The smallest absolute Gasteiger partial charge is 0.410 e. The molecule has 3 fully saturated rings. The second-order valence-electron chi connectivity index (χ2n) is 9.89. The highest BCUT2D eigenvalue weighted by Crippen LogP contribution is 2.68. The third-order valence-electron chi connectivity index (χ3n) is 7.11. The van der Waals surface area contributed by atoms with E-state index in [1.165, 1.54) is 6.42 Å². The first kappa shape index (κ1) is 19.9. The highest BCUT2D eigenvalue weighted by Gasteiger charge is 2.69. The number of ether oxygens (including phenoxy) is 1. The molecule has 0 aromatic rings. The van der Waals surface area contributed by atoms with Gasteiger partial charge in [-0.1, -0.05) is 6.92 Å². The Morgan fingerprint density at radius 3 is 2.46 bits per heavy atom. The van der Waals surface area contributed by atoms with Crippen LogP contribution in [0.4, 0.5) is 4.79 Å². The van der Waals surface area contributed by atoms with Crippen molar-refractivity contribution in [2.75, 3.05) is 13.2 Å². The molecule has 2 bridgehead atoms. The van der Waals surface area contributed by atoms with E-state index in [0.29, 0.717) is 17.8 Å². The maximum Gasteiger partial charge on any atom is 0.410 e. The van der Waals surface area contributed by atoms with E-state index in [1.54, 1.807) is 0 Å². The molecule has 3 rings (SSSR count). The molecule has 3 aliphatic rings. The number of carbonyl (C=O) groups is 1. The van der Waals surface area contributed by atoms with E-state index >= 15 is 0 Å². The minimum absolute atomic E-state index is 0.103. The number of likely N-dealkylation sites (tertiary alicyclic amines) is 1. The maximum atomic E-state index is 13.1. The fraction of sp³-hybridized carbons (Fsp3) is 0.952. The number of amides is 1. The van der Waals surface area contributed by atoms with E-state index in [2.05, 4.69) is 11.8 Å². The molecule has 26 heavy (non-hydrogen) atoms. The van der Waals surface area contributed by atoms with Crippen LogP contribution in [0.2, 0.25) is 0 Å². The molecule has 1 amide bonds. The van der Waals surface area contributed by atoms with E-state index in [1.807, 2.05) is 20.8 Å². The van der Waals surface area contributed by atoms with Crippen LogP contribution in [-0.2, 0) is 4.74 Å². The fourth-order valence-electron chi connectivity index (χ4n) is 6.56. The Balaban J connectivity index is 1.94. The summed E-state index contributed by atoms with van der Waals surface area (Å²) in [7, 11) is 0. The lowest BCUT2D eigenvalue weighted by molar-refractivity contribution is -0.0478. The van der Waals surface area contributed by atoms with Gasteiger partial charge in [0.15, 0.2) is 0 Å². The molecule has 0 spiro atoms.